The van der Waals surface area contributed by atoms with E-state index in [0.717, 1.165) is 24.3 Å². The monoisotopic (exact) mass is 286 g/mol. The van der Waals surface area contributed by atoms with Gasteiger partial charge in [-0.25, -0.2) is 4.98 Å². The summed E-state index contributed by atoms with van der Waals surface area (Å²) in [4.78, 5) is 4.26. The fraction of sp³-hybridized carbons (Fsp3) is 0.333. The molecule has 2 heterocycles. The van der Waals surface area contributed by atoms with Crippen molar-refractivity contribution in [3.63, 3.8) is 0 Å². The van der Waals surface area contributed by atoms with Crippen molar-refractivity contribution in [2.75, 3.05) is 6.54 Å². The average Bonchev–Trinajstić information content (AvgIpc) is 2.97. The van der Waals surface area contributed by atoms with Crippen LogP contribution in [-0.2, 0) is 0 Å². The molecule has 2 aromatic rings. The Morgan fingerprint density at radius 2 is 2.30 bits per heavy atom. The molecule has 1 aliphatic heterocycles. The molecule has 4 nitrogen and oxygen atoms in total. The van der Waals surface area contributed by atoms with Crippen LogP contribution in [0, 0.1) is 11.3 Å². The summed E-state index contributed by atoms with van der Waals surface area (Å²) in [6.07, 6.45) is 7.22. The molecule has 1 aromatic carbocycles. The molecule has 0 bridgehead atoms. The quantitative estimate of drug-likeness (QED) is 0.922. The maximum atomic E-state index is 8.90. The molecule has 0 saturated carbocycles. The predicted molar refractivity (Wildman–Crippen MR) is 77.9 cm³/mol. The zero-order valence-corrected chi connectivity index (χ0v) is 11.8. The van der Waals surface area contributed by atoms with E-state index in [4.69, 9.17) is 16.9 Å². The number of piperidine rings is 1. The van der Waals surface area contributed by atoms with E-state index in [1.165, 1.54) is 12.8 Å². The van der Waals surface area contributed by atoms with Gasteiger partial charge in [-0.3, -0.25) is 0 Å². The highest BCUT2D eigenvalue weighted by Gasteiger charge is 2.19. The number of benzene rings is 1. The Balaban J connectivity index is 1.99. The molecule has 1 atom stereocenters. The predicted octanol–water partition coefficient (Wildman–Crippen LogP) is 3.21. The van der Waals surface area contributed by atoms with Gasteiger partial charge < -0.3 is 9.88 Å². The highest BCUT2D eigenvalue weighted by atomic mass is 35.5. The van der Waals surface area contributed by atoms with Crippen molar-refractivity contribution in [2.24, 2.45) is 0 Å². The number of nitrogens with zero attached hydrogens (tertiary/aromatic N) is 3. The maximum absolute atomic E-state index is 8.90. The lowest BCUT2D eigenvalue weighted by Gasteiger charge is -2.24. The van der Waals surface area contributed by atoms with Gasteiger partial charge in [-0.05, 0) is 37.6 Å². The van der Waals surface area contributed by atoms with E-state index in [2.05, 4.69) is 16.4 Å². The number of aromatic nitrogens is 2. The van der Waals surface area contributed by atoms with E-state index < -0.39 is 0 Å². The first-order chi connectivity index (χ1) is 9.79. The lowest BCUT2D eigenvalue weighted by atomic mass is 10.0. The fourth-order valence-corrected chi connectivity index (χ4v) is 2.91. The summed E-state index contributed by atoms with van der Waals surface area (Å²) < 4.78 is 2.01. The third kappa shape index (κ3) is 2.43. The molecule has 5 heteroatoms. The van der Waals surface area contributed by atoms with Crippen LogP contribution >= 0.6 is 11.6 Å². The highest BCUT2D eigenvalue weighted by Crippen LogP contribution is 2.28. The van der Waals surface area contributed by atoms with Crippen LogP contribution < -0.4 is 5.32 Å². The Hall–Kier alpha value is -1.83. The van der Waals surface area contributed by atoms with E-state index in [-0.39, 0.29) is 0 Å². The van der Waals surface area contributed by atoms with Gasteiger partial charge in [-0.15, -0.1) is 0 Å². The van der Waals surface area contributed by atoms with Gasteiger partial charge in [0.1, 0.15) is 0 Å². The maximum Gasteiger partial charge on any atom is 0.0995 e. The van der Waals surface area contributed by atoms with Crippen molar-refractivity contribution in [3.05, 3.63) is 47.0 Å². The van der Waals surface area contributed by atoms with Crippen molar-refractivity contribution in [1.82, 2.24) is 14.9 Å². The van der Waals surface area contributed by atoms with Crippen molar-refractivity contribution in [3.8, 4) is 11.8 Å². The molecule has 20 heavy (non-hydrogen) atoms. The Labute approximate surface area is 123 Å². The van der Waals surface area contributed by atoms with Crippen molar-refractivity contribution < 1.29 is 0 Å². The number of rotatable bonds is 2. The van der Waals surface area contributed by atoms with E-state index >= 15 is 0 Å². The molecule has 1 fully saturated rings. The van der Waals surface area contributed by atoms with E-state index in [9.17, 15) is 0 Å². The first kappa shape index (κ1) is 13.2. The molecule has 0 amide bonds. The van der Waals surface area contributed by atoms with E-state index in [0.29, 0.717) is 16.6 Å². The number of hydrogen-bond donors (Lipinski definition) is 1. The smallest absolute Gasteiger partial charge is 0.0995 e. The van der Waals surface area contributed by atoms with E-state index in [1.54, 1.807) is 18.5 Å². The van der Waals surface area contributed by atoms with Gasteiger partial charge in [0.05, 0.1) is 40.6 Å². The molecule has 1 aliphatic rings. The zero-order chi connectivity index (χ0) is 13.9. The molecular formula is C15H15ClN4. The topological polar surface area (TPSA) is 53.6 Å². The van der Waals surface area contributed by atoms with Crippen LogP contribution in [-0.4, -0.2) is 16.1 Å². The summed E-state index contributed by atoms with van der Waals surface area (Å²) in [6.45, 7) is 1.04. The number of nitriles is 1. The van der Waals surface area contributed by atoms with Crippen molar-refractivity contribution >= 4 is 11.6 Å². The number of hydrogen-bond acceptors (Lipinski definition) is 3. The molecule has 0 radical (unpaired) electrons. The summed E-state index contributed by atoms with van der Waals surface area (Å²) >= 11 is 6.29. The number of nitrogens with one attached hydrogen (secondary N) is 1. The molecule has 0 spiro atoms. The Kier molecular flexibility index (Phi) is 3.72. The Morgan fingerprint density at radius 3 is 3.00 bits per heavy atom. The van der Waals surface area contributed by atoms with Gasteiger partial charge >= 0.3 is 0 Å². The molecule has 1 N–H and O–H groups in total. The standard InChI is InChI=1S/C15H15ClN4/c16-12-7-11(8-17)4-5-14(12)20-10-18-9-15(20)13-3-1-2-6-19-13/h4-5,7,9-10,13,19H,1-3,6H2. The minimum Gasteiger partial charge on any atom is -0.309 e. The van der Waals surface area contributed by atoms with Crippen LogP contribution in [0.4, 0.5) is 0 Å². The van der Waals surface area contributed by atoms with Gasteiger partial charge in [0.25, 0.3) is 0 Å². The second kappa shape index (κ2) is 5.66. The van der Waals surface area contributed by atoms with Gasteiger partial charge in [0.2, 0.25) is 0 Å². The van der Waals surface area contributed by atoms with Crippen LogP contribution in [0.3, 0.4) is 0 Å². The molecular weight excluding hydrogens is 272 g/mol. The van der Waals surface area contributed by atoms with Crippen LogP contribution in [0.5, 0.6) is 0 Å². The van der Waals surface area contributed by atoms with Crippen LogP contribution in [0.25, 0.3) is 5.69 Å². The van der Waals surface area contributed by atoms with Gasteiger partial charge in [-0.1, -0.05) is 18.0 Å². The molecule has 0 aliphatic carbocycles. The molecule has 102 valence electrons. The summed E-state index contributed by atoms with van der Waals surface area (Å²) in [5, 5.41) is 13.0. The summed E-state index contributed by atoms with van der Waals surface area (Å²) in [5.41, 5.74) is 2.55. The third-order valence-corrected chi connectivity index (χ3v) is 3.97. The first-order valence-corrected chi connectivity index (χ1v) is 7.13. The van der Waals surface area contributed by atoms with Crippen molar-refractivity contribution in [1.29, 1.82) is 5.26 Å². The van der Waals surface area contributed by atoms with Gasteiger partial charge in [0, 0.05) is 6.04 Å². The second-order valence-electron chi connectivity index (χ2n) is 4.97. The lowest BCUT2D eigenvalue weighted by molar-refractivity contribution is 0.402. The van der Waals surface area contributed by atoms with Crippen LogP contribution in [0.15, 0.2) is 30.7 Å². The van der Waals surface area contributed by atoms with E-state index in [1.807, 2.05) is 16.8 Å². The van der Waals surface area contributed by atoms with Gasteiger partial charge in [0.15, 0.2) is 0 Å². The second-order valence-corrected chi connectivity index (χ2v) is 5.38. The largest absolute Gasteiger partial charge is 0.309 e. The molecule has 3 rings (SSSR count). The lowest BCUT2D eigenvalue weighted by Crippen LogP contribution is -2.28. The SMILES string of the molecule is N#Cc1ccc(-n2cncc2C2CCCCN2)c(Cl)c1. The molecule has 1 saturated heterocycles. The van der Waals surface area contributed by atoms with Crippen LogP contribution in [0.1, 0.15) is 36.6 Å². The minimum absolute atomic E-state index is 0.318. The summed E-state index contributed by atoms with van der Waals surface area (Å²) in [5.74, 6) is 0. The molecule has 1 aromatic heterocycles. The number of halogens is 1. The normalized spacial score (nSPS) is 18.7. The third-order valence-electron chi connectivity index (χ3n) is 3.67. The fourth-order valence-electron chi connectivity index (χ4n) is 2.64. The Bertz CT molecular complexity index is 650. The molecule has 1 unspecified atom stereocenters. The average molecular weight is 287 g/mol. The highest BCUT2D eigenvalue weighted by molar-refractivity contribution is 6.32. The summed E-state index contributed by atoms with van der Waals surface area (Å²) in [7, 11) is 0. The minimum atomic E-state index is 0.318. The zero-order valence-electron chi connectivity index (χ0n) is 11.0. The Morgan fingerprint density at radius 1 is 1.40 bits per heavy atom. The van der Waals surface area contributed by atoms with Crippen molar-refractivity contribution in [2.45, 2.75) is 25.3 Å². The first-order valence-electron chi connectivity index (χ1n) is 6.75. The summed E-state index contributed by atoms with van der Waals surface area (Å²) in [6, 6.07) is 7.75. The van der Waals surface area contributed by atoms with Crippen LogP contribution in [0.2, 0.25) is 5.02 Å². The van der Waals surface area contributed by atoms with Gasteiger partial charge in [-0.2, -0.15) is 5.26 Å². The number of imidazole rings is 1.